The summed E-state index contributed by atoms with van der Waals surface area (Å²) in [6, 6.07) is 8.75. The quantitative estimate of drug-likeness (QED) is 0.821. The van der Waals surface area contributed by atoms with E-state index < -0.39 is 0 Å². The van der Waals surface area contributed by atoms with E-state index in [0.717, 1.165) is 11.8 Å². The second-order valence-corrected chi connectivity index (χ2v) is 6.26. The van der Waals surface area contributed by atoms with Crippen molar-refractivity contribution in [2.75, 3.05) is 19.6 Å². The smallest absolute Gasteiger partial charge is 0.0175 e. The number of fused-ring (bicyclic) bond motifs is 2. The van der Waals surface area contributed by atoms with Gasteiger partial charge in [0.05, 0.1) is 0 Å². The molecule has 2 aliphatic heterocycles. The van der Waals surface area contributed by atoms with Crippen LogP contribution in [0.2, 0.25) is 0 Å². The average Bonchev–Trinajstić information content (AvgIpc) is 2.28. The molecule has 0 unspecified atom stereocenters. The molecule has 1 aliphatic carbocycles. The number of halogens is 1. The van der Waals surface area contributed by atoms with Crippen LogP contribution in [0.4, 0.5) is 0 Å². The van der Waals surface area contributed by atoms with Crippen molar-refractivity contribution in [3.05, 3.63) is 34.3 Å². The highest BCUT2D eigenvalue weighted by Crippen LogP contribution is 2.39. The molecule has 3 aliphatic rings. The molecule has 0 spiro atoms. The van der Waals surface area contributed by atoms with Gasteiger partial charge in [-0.05, 0) is 48.8 Å². The number of nitrogens with zero attached hydrogens (tertiary/aromatic N) is 1. The molecule has 0 N–H and O–H groups in total. The average molecular weight is 280 g/mol. The highest BCUT2D eigenvalue weighted by molar-refractivity contribution is 9.10. The Hall–Kier alpha value is -0.340. The molecule has 1 aromatic rings. The van der Waals surface area contributed by atoms with Gasteiger partial charge in [-0.3, -0.25) is 0 Å². The van der Waals surface area contributed by atoms with Crippen LogP contribution in [-0.2, 0) is 6.42 Å². The first-order chi connectivity index (χ1) is 7.79. The van der Waals surface area contributed by atoms with Crippen molar-refractivity contribution in [2.45, 2.75) is 19.3 Å². The Morgan fingerprint density at radius 3 is 2.31 bits per heavy atom. The summed E-state index contributed by atoms with van der Waals surface area (Å²) in [4.78, 5) is 2.66. The van der Waals surface area contributed by atoms with Gasteiger partial charge in [-0.1, -0.05) is 28.1 Å². The van der Waals surface area contributed by atoms with Gasteiger partial charge in [0.1, 0.15) is 0 Å². The molecule has 0 aromatic heterocycles. The molecule has 0 radical (unpaired) electrons. The lowest BCUT2D eigenvalue weighted by Crippen LogP contribution is -2.49. The molecule has 2 heteroatoms. The van der Waals surface area contributed by atoms with Gasteiger partial charge in [0.25, 0.3) is 0 Å². The van der Waals surface area contributed by atoms with Crippen LogP contribution < -0.4 is 0 Å². The summed E-state index contributed by atoms with van der Waals surface area (Å²) < 4.78 is 1.18. The first-order valence-corrected chi connectivity index (χ1v) is 7.06. The fraction of sp³-hybridized carbons (Fsp3) is 0.571. The van der Waals surface area contributed by atoms with Crippen molar-refractivity contribution in [2.24, 2.45) is 11.8 Å². The van der Waals surface area contributed by atoms with Crippen LogP contribution >= 0.6 is 15.9 Å². The Kier molecular flexibility index (Phi) is 3.03. The molecular weight excluding hydrogens is 262 g/mol. The maximum absolute atomic E-state index is 3.48. The Balaban J connectivity index is 1.51. The molecule has 16 heavy (non-hydrogen) atoms. The van der Waals surface area contributed by atoms with Crippen molar-refractivity contribution < 1.29 is 0 Å². The van der Waals surface area contributed by atoms with Gasteiger partial charge in [0.15, 0.2) is 0 Å². The van der Waals surface area contributed by atoms with Gasteiger partial charge < -0.3 is 4.90 Å². The van der Waals surface area contributed by atoms with E-state index in [9.17, 15) is 0 Å². The highest BCUT2D eigenvalue weighted by atomic mass is 79.9. The minimum atomic E-state index is 1.03. The molecule has 2 bridgehead atoms. The summed E-state index contributed by atoms with van der Waals surface area (Å²) in [5.41, 5.74) is 1.46. The van der Waals surface area contributed by atoms with Crippen LogP contribution in [0.15, 0.2) is 28.7 Å². The third kappa shape index (κ3) is 2.33. The summed E-state index contributed by atoms with van der Waals surface area (Å²) in [6.07, 6.45) is 4.22. The van der Waals surface area contributed by atoms with Crippen LogP contribution in [0.5, 0.6) is 0 Å². The van der Waals surface area contributed by atoms with Gasteiger partial charge in [-0.25, -0.2) is 0 Å². The predicted molar refractivity (Wildman–Crippen MR) is 70.5 cm³/mol. The zero-order chi connectivity index (χ0) is 11.0. The third-order valence-electron chi connectivity index (χ3n) is 4.00. The van der Waals surface area contributed by atoms with E-state index in [1.54, 1.807) is 0 Å². The lowest BCUT2D eigenvalue weighted by Gasteiger charge is -2.47. The molecule has 1 saturated carbocycles. The van der Waals surface area contributed by atoms with Crippen LogP contribution in [0.25, 0.3) is 0 Å². The highest BCUT2D eigenvalue weighted by Gasteiger charge is 2.36. The zero-order valence-corrected chi connectivity index (χ0v) is 11.1. The van der Waals surface area contributed by atoms with E-state index in [-0.39, 0.29) is 0 Å². The second-order valence-electron chi connectivity index (χ2n) is 5.34. The van der Waals surface area contributed by atoms with Crippen LogP contribution in [-0.4, -0.2) is 24.5 Å². The number of piperidine rings is 2. The van der Waals surface area contributed by atoms with E-state index in [4.69, 9.17) is 0 Å². The number of rotatable bonds is 3. The van der Waals surface area contributed by atoms with Crippen LogP contribution in [0.1, 0.15) is 18.4 Å². The minimum Gasteiger partial charge on any atom is -0.302 e. The number of hydrogen-bond donors (Lipinski definition) is 0. The molecule has 1 aromatic carbocycles. The number of hydrogen-bond acceptors (Lipinski definition) is 1. The maximum Gasteiger partial charge on any atom is 0.0175 e. The first-order valence-electron chi connectivity index (χ1n) is 6.26. The van der Waals surface area contributed by atoms with Crippen molar-refractivity contribution in [3.63, 3.8) is 0 Å². The summed E-state index contributed by atoms with van der Waals surface area (Å²) in [6.45, 7) is 3.95. The summed E-state index contributed by atoms with van der Waals surface area (Å²) in [7, 11) is 0. The monoisotopic (exact) mass is 279 g/mol. The Morgan fingerprint density at radius 2 is 1.69 bits per heavy atom. The Bertz CT molecular complexity index is 344. The van der Waals surface area contributed by atoms with Gasteiger partial charge >= 0.3 is 0 Å². The Morgan fingerprint density at radius 1 is 1.06 bits per heavy atom. The lowest BCUT2D eigenvalue weighted by atomic mass is 9.71. The standard InChI is InChI=1S/C14H18BrN/c15-14-3-1-11(2-4-14)5-6-16-9-12-7-13(8-12)10-16/h1-4,12-13H,5-10H2. The van der Waals surface area contributed by atoms with Crippen LogP contribution in [0.3, 0.4) is 0 Å². The number of benzene rings is 1. The van der Waals surface area contributed by atoms with E-state index >= 15 is 0 Å². The fourth-order valence-corrected chi connectivity index (χ4v) is 3.36. The van der Waals surface area contributed by atoms with Crippen molar-refractivity contribution >= 4 is 15.9 Å². The molecule has 2 saturated heterocycles. The van der Waals surface area contributed by atoms with E-state index in [2.05, 4.69) is 45.1 Å². The minimum absolute atomic E-state index is 1.03. The van der Waals surface area contributed by atoms with Gasteiger partial charge in [0.2, 0.25) is 0 Å². The molecule has 3 fully saturated rings. The fourth-order valence-electron chi connectivity index (χ4n) is 3.10. The molecule has 2 heterocycles. The van der Waals surface area contributed by atoms with Gasteiger partial charge in [-0.2, -0.15) is 0 Å². The summed E-state index contributed by atoms with van der Waals surface area (Å²) in [5, 5.41) is 0. The van der Waals surface area contributed by atoms with E-state index in [1.807, 2.05) is 0 Å². The normalized spacial score (nSPS) is 28.8. The predicted octanol–water partition coefficient (Wildman–Crippen LogP) is 3.33. The first kappa shape index (κ1) is 10.8. The van der Waals surface area contributed by atoms with Crippen molar-refractivity contribution in [3.8, 4) is 0 Å². The molecule has 4 rings (SSSR count). The van der Waals surface area contributed by atoms with E-state index in [1.165, 1.54) is 48.9 Å². The molecule has 1 nitrogen and oxygen atoms in total. The molecule has 0 amide bonds. The van der Waals surface area contributed by atoms with Gasteiger partial charge in [-0.15, -0.1) is 0 Å². The summed E-state index contributed by atoms with van der Waals surface area (Å²) in [5.74, 6) is 2.06. The SMILES string of the molecule is Brc1ccc(CCN2CC3CC(C3)C2)cc1. The van der Waals surface area contributed by atoms with E-state index in [0.29, 0.717) is 0 Å². The molecular formula is C14H18BrN. The second kappa shape index (κ2) is 4.50. The lowest BCUT2D eigenvalue weighted by molar-refractivity contribution is 0.0284. The summed E-state index contributed by atoms with van der Waals surface area (Å²) >= 11 is 3.48. The maximum atomic E-state index is 3.48. The third-order valence-corrected chi connectivity index (χ3v) is 4.52. The zero-order valence-electron chi connectivity index (χ0n) is 9.53. The van der Waals surface area contributed by atoms with Gasteiger partial charge in [0, 0.05) is 24.1 Å². The molecule has 86 valence electrons. The van der Waals surface area contributed by atoms with Crippen molar-refractivity contribution in [1.82, 2.24) is 4.90 Å². The van der Waals surface area contributed by atoms with Crippen LogP contribution in [0, 0.1) is 11.8 Å². The topological polar surface area (TPSA) is 3.24 Å². The Labute approximate surface area is 106 Å². The molecule has 0 atom stereocenters. The van der Waals surface area contributed by atoms with Crippen molar-refractivity contribution in [1.29, 1.82) is 0 Å². The largest absolute Gasteiger partial charge is 0.302 e.